The summed E-state index contributed by atoms with van der Waals surface area (Å²) in [5, 5.41) is 4.42. The maximum Gasteiger partial charge on any atom is 0.335 e. The molecule has 1 unspecified atom stereocenters. The van der Waals surface area contributed by atoms with Crippen molar-refractivity contribution in [3.8, 4) is 0 Å². The van der Waals surface area contributed by atoms with E-state index in [0.717, 1.165) is 25.3 Å². The maximum absolute atomic E-state index is 12.1. The Balaban J connectivity index is 2.09. The van der Waals surface area contributed by atoms with Crippen LogP contribution in [0.4, 0.5) is 0 Å². The Morgan fingerprint density at radius 1 is 1.11 bits per heavy atom. The van der Waals surface area contributed by atoms with Gasteiger partial charge in [-0.2, -0.15) is 0 Å². The Kier molecular flexibility index (Phi) is 16.6. The first-order valence-corrected chi connectivity index (χ1v) is 15.0. The van der Waals surface area contributed by atoms with E-state index < -0.39 is 17.8 Å². The van der Waals surface area contributed by atoms with Crippen molar-refractivity contribution in [1.82, 2.24) is 15.4 Å². The molecule has 3 amide bonds. The largest absolute Gasteiger partial charge is 0.375 e. The van der Waals surface area contributed by atoms with Crippen molar-refractivity contribution < 1.29 is 32.9 Å². The number of imide groups is 1. The quantitative estimate of drug-likeness (QED) is 0.124. The van der Waals surface area contributed by atoms with Crippen LogP contribution in [0.15, 0.2) is 29.4 Å². The van der Waals surface area contributed by atoms with Crippen LogP contribution < -0.4 is 5.32 Å². The molecule has 0 spiro atoms. The van der Waals surface area contributed by atoms with E-state index in [2.05, 4.69) is 10.3 Å². The van der Waals surface area contributed by atoms with Crippen LogP contribution >= 0.6 is 33.6 Å². The smallest absolute Gasteiger partial charge is 0.335 e. The van der Waals surface area contributed by atoms with Gasteiger partial charge in [0.1, 0.15) is 5.03 Å². The van der Waals surface area contributed by atoms with Crippen LogP contribution in [0.5, 0.6) is 0 Å². The molecule has 1 aromatic rings. The first kappa shape index (κ1) is 33.2. The van der Waals surface area contributed by atoms with Crippen LogP contribution in [0.2, 0.25) is 0 Å². The second kappa shape index (κ2) is 18.5. The number of hydroxylamine groups is 2. The number of pyridine rings is 1. The van der Waals surface area contributed by atoms with Crippen molar-refractivity contribution in [2.75, 3.05) is 25.5 Å². The van der Waals surface area contributed by atoms with Gasteiger partial charge in [0.15, 0.2) is 0 Å². The first-order chi connectivity index (χ1) is 17.5. The van der Waals surface area contributed by atoms with E-state index in [9.17, 15) is 19.2 Å². The van der Waals surface area contributed by atoms with Gasteiger partial charge in [0.2, 0.25) is 5.91 Å². The third kappa shape index (κ3) is 16.6. The normalized spacial score (nSPS) is 12.0. The third-order valence-electron chi connectivity index (χ3n) is 4.65. The number of amides is 3. The molecule has 1 heterocycles. The van der Waals surface area contributed by atoms with Crippen LogP contribution in [0.25, 0.3) is 0 Å². The van der Waals surface area contributed by atoms with Crippen molar-refractivity contribution in [3.63, 3.8) is 0 Å². The SMILES string of the molecule is CC(=O)N(OC(=O)CCOSC(C)CCOC(C)(C)CCNC(=O)CCSSc1ccccn1)C(C)=O. The lowest BCUT2D eigenvalue weighted by molar-refractivity contribution is -0.200. The highest BCUT2D eigenvalue weighted by Crippen LogP contribution is 2.29. The lowest BCUT2D eigenvalue weighted by atomic mass is 10.1. The number of rotatable bonds is 17. The number of nitrogens with zero attached hydrogens (tertiary/aromatic N) is 2. The topological polar surface area (TPSA) is 124 Å². The summed E-state index contributed by atoms with van der Waals surface area (Å²) in [6.45, 7) is 9.38. The van der Waals surface area contributed by atoms with Gasteiger partial charge >= 0.3 is 5.97 Å². The summed E-state index contributed by atoms with van der Waals surface area (Å²) in [6.07, 6.45) is 3.53. The first-order valence-electron chi connectivity index (χ1n) is 11.9. The van der Waals surface area contributed by atoms with Crippen molar-refractivity contribution in [2.45, 2.75) is 76.2 Å². The molecule has 1 N–H and O–H groups in total. The Labute approximate surface area is 231 Å². The summed E-state index contributed by atoms with van der Waals surface area (Å²) in [5.41, 5.74) is -0.384. The van der Waals surface area contributed by atoms with E-state index in [4.69, 9.17) is 13.8 Å². The number of carbonyl (C=O) groups is 4. The molecule has 0 aromatic carbocycles. The minimum Gasteiger partial charge on any atom is -0.375 e. The highest BCUT2D eigenvalue weighted by Gasteiger charge is 2.20. The zero-order chi connectivity index (χ0) is 27.7. The monoisotopic (exact) mass is 575 g/mol. The predicted molar refractivity (Wildman–Crippen MR) is 146 cm³/mol. The molecule has 0 radical (unpaired) electrons. The number of hydrogen-bond donors (Lipinski definition) is 1. The Morgan fingerprint density at radius 2 is 1.84 bits per heavy atom. The molecule has 0 fully saturated rings. The fraction of sp³-hybridized carbons (Fsp3) is 0.625. The lowest BCUT2D eigenvalue weighted by Crippen LogP contribution is -2.35. The van der Waals surface area contributed by atoms with Gasteiger partial charge in [0, 0.05) is 50.6 Å². The molecule has 1 aromatic heterocycles. The van der Waals surface area contributed by atoms with Crippen LogP contribution in [0.1, 0.15) is 60.3 Å². The molecule has 0 aliphatic rings. The molecule has 13 heteroatoms. The zero-order valence-electron chi connectivity index (χ0n) is 22.0. The van der Waals surface area contributed by atoms with E-state index >= 15 is 0 Å². The molecule has 208 valence electrons. The second-order valence-electron chi connectivity index (χ2n) is 8.59. The van der Waals surface area contributed by atoms with E-state index in [0.29, 0.717) is 36.8 Å². The van der Waals surface area contributed by atoms with E-state index in [1.165, 1.54) is 12.0 Å². The maximum atomic E-state index is 12.1. The van der Waals surface area contributed by atoms with Crippen LogP contribution in [-0.2, 0) is 32.9 Å². The van der Waals surface area contributed by atoms with Crippen molar-refractivity contribution in [1.29, 1.82) is 0 Å². The minimum atomic E-state index is -0.724. The van der Waals surface area contributed by atoms with E-state index in [1.54, 1.807) is 27.8 Å². The van der Waals surface area contributed by atoms with Crippen LogP contribution in [-0.4, -0.2) is 70.1 Å². The van der Waals surface area contributed by atoms with Crippen molar-refractivity contribution >= 4 is 57.3 Å². The second-order valence-corrected chi connectivity index (χ2v) is 12.3. The molecule has 0 bridgehead atoms. The number of nitrogens with one attached hydrogen (secondary N) is 1. The Morgan fingerprint density at radius 3 is 2.49 bits per heavy atom. The summed E-state index contributed by atoms with van der Waals surface area (Å²) in [7, 11) is 3.17. The Hall–Kier alpha value is -1.80. The summed E-state index contributed by atoms with van der Waals surface area (Å²) < 4.78 is 11.4. The third-order valence-corrected chi connectivity index (χ3v) is 7.78. The van der Waals surface area contributed by atoms with Crippen LogP contribution in [0.3, 0.4) is 0 Å². The fourth-order valence-corrected chi connectivity index (χ4v) is 5.11. The zero-order valence-corrected chi connectivity index (χ0v) is 24.5. The minimum absolute atomic E-state index is 0.0197. The van der Waals surface area contributed by atoms with Gasteiger partial charge < -0.3 is 19.1 Å². The summed E-state index contributed by atoms with van der Waals surface area (Å²) in [4.78, 5) is 55.2. The summed E-state index contributed by atoms with van der Waals surface area (Å²) in [6, 6.07) is 5.75. The predicted octanol–water partition coefficient (Wildman–Crippen LogP) is 4.20. The van der Waals surface area contributed by atoms with Gasteiger partial charge in [-0.3, -0.25) is 14.4 Å². The average molecular weight is 576 g/mol. The van der Waals surface area contributed by atoms with E-state index in [-0.39, 0.29) is 29.8 Å². The lowest BCUT2D eigenvalue weighted by Gasteiger charge is -2.26. The average Bonchev–Trinajstić information content (AvgIpc) is 2.83. The highest BCUT2D eigenvalue weighted by atomic mass is 33.1. The van der Waals surface area contributed by atoms with Crippen LogP contribution in [0, 0.1) is 0 Å². The van der Waals surface area contributed by atoms with Gasteiger partial charge in [-0.25, -0.2) is 9.78 Å². The molecule has 1 atom stereocenters. The molecule has 0 aliphatic carbocycles. The highest BCUT2D eigenvalue weighted by molar-refractivity contribution is 8.76. The van der Waals surface area contributed by atoms with Gasteiger partial charge in [-0.15, -0.1) is 5.06 Å². The molecule has 0 saturated carbocycles. The standard InChI is InChI=1S/C24H37N3O7S3/c1-18(36-33-16-10-23(31)34-27(19(2)28)20(3)29)9-15-32-24(4,5)12-14-25-21(30)11-17-35-37-22-8-6-7-13-26-22/h6-8,13,18H,9-12,14-17H2,1-5H3,(H,25,30). The molecule has 37 heavy (non-hydrogen) atoms. The molecule has 1 rings (SSSR count). The van der Waals surface area contributed by atoms with Gasteiger partial charge in [0.25, 0.3) is 11.8 Å². The van der Waals surface area contributed by atoms with E-state index in [1.807, 2.05) is 39.0 Å². The molecular weight excluding hydrogens is 538 g/mol. The molecule has 0 saturated heterocycles. The van der Waals surface area contributed by atoms with Gasteiger partial charge in [-0.1, -0.05) is 23.8 Å². The Bertz CT molecular complexity index is 845. The summed E-state index contributed by atoms with van der Waals surface area (Å²) in [5.74, 6) is -1.33. The summed E-state index contributed by atoms with van der Waals surface area (Å²) >= 11 is 1.23. The van der Waals surface area contributed by atoms with Crippen molar-refractivity contribution in [3.05, 3.63) is 24.4 Å². The number of ether oxygens (including phenoxy) is 1. The molecule has 0 aliphatic heterocycles. The number of carbonyl (C=O) groups excluding carboxylic acids is 4. The fourth-order valence-electron chi connectivity index (χ4n) is 2.63. The van der Waals surface area contributed by atoms with Gasteiger partial charge in [0.05, 0.1) is 18.6 Å². The molecule has 10 nitrogen and oxygen atoms in total. The molecular formula is C24H37N3O7S3. The van der Waals surface area contributed by atoms with Gasteiger partial charge in [-0.05, 0) is 61.7 Å². The number of aromatic nitrogens is 1. The number of hydrogen-bond acceptors (Lipinski definition) is 11. The van der Waals surface area contributed by atoms with Crippen molar-refractivity contribution in [2.24, 2.45) is 0 Å².